The summed E-state index contributed by atoms with van der Waals surface area (Å²) in [5, 5.41) is 2.58. The Morgan fingerprint density at radius 3 is 2.55 bits per heavy atom. The van der Waals surface area contributed by atoms with Crippen LogP contribution in [0.25, 0.3) is 11.0 Å². The van der Waals surface area contributed by atoms with Crippen LogP contribution in [0.2, 0.25) is 0 Å². The summed E-state index contributed by atoms with van der Waals surface area (Å²) in [6.07, 6.45) is 0. The molecule has 1 unspecified atom stereocenters. The maximum absolute atomic E-state index is 13.9. The number of hydrogen-bond donors (Lipinski definition) is 2. The van der Waals surface area contributed by atoms with Crippen molar-refractivity contribution < 1.29 is 17.6 Å². The van der Waals surface area contributed by atoms with Crippen molar-refractivity contribution in [3.63, 3.8) is 0 Å². The molecule has 1 heterocycles. The molecule has 3 aromatic carbocycles. The summed E-state index contributed by atoms with van der Waals surface area (Å²) in [6, 6.07) is 16.0. The van der Waals surface area contributed by atoms with Crippen LogP contribution in [-0.2, 0) is 14.8 Å². The zero-order valence-corrected chi connectivity index (χ0v) is 17.9. The molecule has 0 radical (unpaired) electrons. The molecule has 0 aliphatic rings. The van der Waals surface area contributed by atoms with Gasteiger partial charge in [-0.05, 0) is 42.3 Å². The van der Waals surface area contributed by atoms with Gasteiger partial charge in [0.05, 0.1) is 11.7 Å². The van der Waals surface area contributed by atoms with Gasteiger partial charge in [0.25, 0.3) is 0 Å². The highest BCUT2D eigenvalue weighted by molar-refractivity contribution is 7.89. The molecule has 0 aliphatic heterocycles. The van der Waals surface area contributed by atoms with Crippen molar-refractivity contribution in [2.24, 2.45) is 0 Å². The van der Waals surface area contributed by atoms with Crippen LogP contribution in [0.15, 0.2) is 71.6 Å². The second-order valence-corrected chi connectivity index (χ2v) is 9.02. The molecule has 0 spiro atoms. The number of sulfonamides is 1. The number of halogens is 1. The Morgan fingerprint density at radius 2 is 1.81 bits per heavy atom. The highest BCUT2D eigenvalue weighted by Gasteiger charge is 2.29. The van der Waals surface area contributed by atoms with E-state index < -0.39 is 27.8 Å². The minimum absolute atomic E-state index is 0.0751. The van der Waals surface area contributed by atoms with Crippen LogP contribution < -0.4 is 10.0 Å². The number of benzene rings is 3. The number of anilines is 1. The van der Waals surface area contributed by atoms with Gasteiger partial charge in [0.1, 0.15) is 27.8 Å². The molecule has 0 saturated carbocycles. The lowest BCUT2D eigenvalue weighted by atomic mass is 10.1. The number of hydrogen-bond acceptors (Lipinski definition) is 6. The lowest BCUT2D eigenvalue weighted by molar-refractivity contribution is -0.117. The van der Waals surface area contributed by atoms with Crippen LogP contribution in [0.1, 0.15) is 17.2 Å². The monoisotopic (exact) mass is 456 g/mol. The van der Waals surface area contributed by atoms with E-state index in [0.717, 1.165) is 11.7 Å². The van der Waals surface area contributed by atoms with Crippen molar-refractivity contribution in [3.05, 3.63) is 83.7 Å². The number of rotatable bonds is 6. The van der Waals surface area contributed by atoms with E-state index in [1.165, 1.54) is 18.2 Å². The fourth-order valence-corrected chi connectivity index (χ4v) is 4.97. The number of nitrogens with one attached hydrogen (secondary N) is 2. The Bertz CT molecular complexity index is 1360. The van der Waals surface area contributed by atoms with Crippen LogP contribution >= 0.6 is 11.7 Å². The molecule has 31 heavy (non-hydrogen) atoms. The van der Waals surface area contributed by atoms with E-state index in [9.17, 15) is 17.6 Å². The number of aryl methyl sites for hydroxylation is 1. The van der Waals surface area contributed by atoms with E-state index in [2.05, 4.69) is 18.8 Å². The number of nitrogens with zero attached hydrogens (tertiary/aromatic N) is 2. The lowest BCUT2D eigenvalue weighted by Crippen LogP contribution is -2.37. The topological polar surface area (TPSA) is 101 Å². The van der Waals surface area contributed by atoms with E-state index in [-0.39, 0.29) is 16.1 Å². The zero-order chi connectivity index (χ0) is 22.0. The highest BCUT2D eigenvalue weighted by Crippen LogP contribution is 2.25. The van der Waals surface area contributed by atoms with E-state index >= 15 is 0 Å². The smallest absolute Gasteiger partial charge is 0.247 e. The molecule has 0 saturated heterocycles. The van der Waals surface area contributed by atoms with Crippen LogP contribution in [0.5, 0.6) is 0 Å². The molecule has 0 fully saturated rings. The molecule has 1 aromatic heterocycles. The quantitative estimate of drug-likeness (QED) is 0.460. The molecule has 1 atom stereocenters. The molecule has 4 rings (SSSR count). The van der Waals surface area contributed by atoms with E-state index in [0.29, 0.717) is 16.6 Å². The second kappa shape index (κ2) is 8.50. The van der Waals surface area contributed by atoms with Crippen molar-refractivity contribution in [3.8, 4) is 0 Å². The Hall–Kier alpha value is -3.21. The highest BCUT2D eigenvalue weighted by atomic mass is 32.2. The van der Waals surface area contributed by atoms with Gasteiger partial charge in [-0.25, -0.2) is 12.8 Å². The summed E-state index contributed by atoms with van der Waals surface area (Å²) < 4.78 is 50.8. The summed E-state index contributed by atoms with van der Waals surface area (Å²) in [7, 11) is -4.14. The van der Waals surface area contributed by atoms with Gasteiger partial charge >= 0.3 is 0 Å². The molecular weight excluding hydrogens is 439 g/mol. The van der Waals surface area contributed by atoms with E-state index in [4.69, 9.17) is 0 Å². The Kier molecular flexibility index (Phi) is 5.77. The molecule has 7 nitrogen and oxygen atoms in total. The molecular formula is C21H17FN4O3S2. The minimum atomic E-state index is -4.14. The maximum atomic E-state index is 13.9. The number of fused-ring (bicyclic) bond motifs is 1. The fourth-order valence-electron chi connectivity index (χ4n) is 3.02. The third-order valence-corrected chi connectivity index (χ3v) is 6.64. The number of aromatic nitrogens is 2. The summed E-state index contributed by atoms with van der Waals surface area (Å²) >= 11 is 0.902. The van der Waals surface area contributed by atoms with Crippen molar-refractivity contribution in [2.75, 3.05) is 5.32 Å². The van der Waals surface area contributed by atoms with E-state index in [1.54, 1.807) is 55.5 Å². The van der Waals surface area contributed by atoms with Gasteiger partial charge < -0.3 is 5.32 Å². The Morgan fingerprint density at radius 1 is 1.03 bits per heavy atom. The molecule has 158 valence electrons. The first-order valence-electron chi connectivity index (χ1n) is 9.21. The summed E-state index contributed by atoms with van der Waals surface area (Å²) in [6.45, 7) is 1.61. The summed E-state index contributed by atoms with van der Waals surface area (Å²) in [5.74, 6) is -1.13. The summed E-state index contributed by atoms with van der Waals surface area (Å²) in [4.78, 5) is 13.0. The van der Waals surface area contributed by atoms with Crippen molar-refractivity contribution in [1.29, 1.82) is 0 Å². The molecule has 4 aromatic rings. The molecule has 1 amide bonds. The first kappa shape index (κ1) is 21.0. The molecule has 0 aliphatic carbocycles. The van der Waals surface area contributed by atoms with Crippen LogP contribution in [0.4, 0.5) is 10.1 Å². The van der Waals surface area contributed by atoms with Gasteiger partial charge in [-0.2, -0.15) is 13.5 Å². The predicted molar refractivity (Wildman–Crippen MR) is 117 cm³/mol. The maximum Gasteiger partial charge on any atom is 0.247 e. The first-order chi connectivity index (χ1) is 14.8. The van der Waals surface area contributed by atoms with Crippen molar-refractivity contribution >= 4 is 44.4 Å². The van der Waals surface area contributed by atoms with E-state index in [1.807, 2.05) is 0 Å². The largest absolute Gasteiger partial charge is 0.324 e. The van der Waals surface area contributed by atoms with Crippen LogP contribution in [0, 0.1) is 12.7 Å². The van der Waals surface area contributed by atoms with Gasteiger partial charge in [0.15, 0.2) is 0 Å². The van der Waals surface area contributed by atoms with Crippen LogP contribution in [0.3, 0.4) is 0 Å². The van der Waals surface area contributed by atoms with Crippen molar-refractivity contribution in [2.45, 2.75) is 17.9 Å². The first-order valence-corrected chi connectivity index (χ1v) is 11.4. The number of carbonyl (C=O) groups is 1. The Labute approximate surface area is 182 Å². The Balaban J connectivity index is 1.69. The van der Waals surface area contributed by atoms with Gasteiger partial charge in [0, 0.05) is 5.69 Å². The van der Waals surface area contributed by atoms with Gasteiger partial charge in [0.2, 0.25) is 15.9 Å². The van der Waals surface area contributed by atoms with Crippen LogP contribution in [-0.4, -0.2) is 23.1 Å². The third kappa shape index (κ3) is 4.46. The fraction of sp³-hybridized carbons (Fsp3) is 0.0952. The van der Waals surface area contributed by atoms with Gasteiger partial charge in [-0.1, -0.05) is 42.5 Å². The van der Waals surface area contributed by atoms with Gasteiger partial charge in [-0.15, -0.1) is 0 Å². The normalized spacial score (nSPS) is 12.6. The summed E-state index contributed by atoms with van der Waals surface area (Å²) in [5.41, 5.74) is 1.76. The van der Waals surface area contributed by atoms with Crippen molar-refractivity contribution in [1.82, 2.24) is 13.5 Å². The number of amides is 1. The number of carbonyl (C=O) groups excluding carboxylic acids is 1. The standard InChI is InChI=1S/C21H17FN4O3S2/c1-13-10-11-15(12-16(13)22)23-21(27)19(14-6-3-2-4-7-14)26-31(28,29)18-9-5-8-17-20(18)25-30-24-17/h2-12,19,26H,1H3,(H,23,27). The predicted octanol–water partition coefficient (Wildman–Crippen LogP) is 3.80. The molecule has 10 heteroatoms. The average molecular weight is 457 g/mol. The SMILES string of the molecule is Cc1ccc(NC(=O)C(NS(=O)(=O)c2cccc3nsnc23)c2ccccc2)cc1F. The average Bonchev–Trinajstić information content (AvgIpc) is 3.24. The van der Waals surface area contributed by atoms with Gasteiger partial charge in [-0.3, -0.25) is 4.79 Å². The molecule has 2 N–H and O–H groups in total. The zero-order valence-electron chi connectivity index (χ0n) is 16.2. The second-order valence-electron chi connectivity index (χ2n) is 6.81. The minimum Gasteiger partial charge on any atom is -0.324 e. The molecule has 0 bridgehead atoms. The third-order valence-electron chi connectivity index (χ3n) is 4.65. The lowest BCUT2D eigenvalue weighted by Gasteiger charge is -2.19.